The largest absolute Gasteiger partial charge is 0.311 e. The Balaban J connectivity index is 1.26. The first-order chi connectivity index (χ1) is 36.0. The molecule has 0 bridgehead atoms. The van der Waals surface area contributed by atoms with E-state index in [4.69, 9.17) is 0 Å². The third-order valence-electron chi connectivity index (χ3n) is 16.6. The minimum atomic E-state index is -0.156. The van der Waals surface area contributed by atoms with Crippen molar-refractivity contribution in [1.82, 2.24) is 0 Å². The number of rotatable bonds is 5. The molecule has 1 aromatic heterocycles. The van der Waals surface area contributed by atoms with Crippen molar-refractivity contribution in [3.63, 3.8) is 0 Å². The van der Waals surface area contributed by atoms with Gasteiger partial charge < -0.3 is 14.7 Å². The molecule has 0 fully saturated rings. The Labute approximate surface area is 466 Å². The van der Waals surface area contributed by atoms with Crippen LogP contribution < -0.4 is 31.1 Å². The Kier molecular flexibility index (Phi) is 12.3. The third kappa shape index (κ3) is 9.29. The van der Waals surface area contributed by atoms with Crippen LogP contribution in [0.25, 0.3) is 20.2 Å². The fourth-order valence-corrected chi connectivity index (χ4v) is 13.0. The van der Waals surface area contributed by atoms with Crippen LogP contribution in [0.15, 0.2) is 158 Å². The molecule has 77 heavy (non-hydrogen) atoms. The number of hydrogen-bond acceptors (Lipinski definition) is 4. The van der Waals surface area contributed by atoms with Gasteiger partial charge in [-0.25, -0.2) is 0 Å². The van der Waals surface area contributed by atoms with Crippen LogP contribution >= 0.6 is 11.3 Å². The van der Waals surface area contributed by atoms with Gasteiger partial charge in [-0.2, -0.15) is 0 Å². The highest BCUT2D eigenvalue weighted by Crippen LogP contribution is 2.52. The zero-order chi connectivity index (χ0) is 55.1. The van der Waals surface area contributed by atoms with E-state index in [1.165, 1.54) is 104 Å². The molecule has 3 nitrogen and oxygen atoms in total. The van der Waals surface area contributed by atoms with Crippen molar-refractivity contribution in [3.05, 3.63) is 191 Å². The lowest BCUT2D eigenvalue weighted by molar-refractivity contribution is 0.589. The predicted molar refractivity (Wildman–Crippen MR) is 340 cm³/mol. The van der Waals surface area contributed by atoms with Crippen LogP contribution in [0, 0.1) is 0 Å². The molecule has 3 heterocycles. The van der Waals surface area contributed by atoms with E-state index < -0.39 is 0 Å². The minimum Gasteiger partial charge on any atom is -0.311 e. The summed E-state index contributed by atoms with van der Waals surface area (Å²) in [5.74, 6) is 0. The van der Waals surface area contributed by atoms with Crippen LogP contribution in [0.4, 0.5) is 51.2 Å². The molecule has 392 valence electrons. The van der Waals surface area contributed by atoms with Crippen molar-refractivity contribution in [2.75, 3.05) is 14.7 Å². The van der Waals surface area contributed by atoms with E-state index in [9.17, 15) is 0 Å². The minimum absolute atomic E-state index is 0.0157. The van der Waals surface area contributed by atoms with Gasteiger partial charge in [-0.1, -0.05) is 203 Å². The van der Waals surface area contributed by atoms with E-state index >= 15 is 0 Å². The maximum absolute atomic E-state index is 2.66. The Hall–Kier alpha value is -6.56. The Morgan fingerprint density at radius 2 is 0.753 bits per heavy atom. The molecule has 0 atom stereocenters. The lowest BCUT2D eigenvalue weighted by Crippen LogP contribution is -2.61. The smallest absolute Gasteiger partial charge is 0.252 e. The maximum Gasteiger partial charge on any atom is 0.252 e. The summed E-state index contributed by atoms with van der Waals surface area (Å²) in [7, 11) is 0. The molecule has 5 heteroatoms. The van der Waals surface area contributed by atoms with Gasteiger partial charge in [-0.3, -0.25) is 0 Å². The fourth-order valence-electron chi connectivity index (χ4n) is 11.8. The summed E-state index contributed by atoms with van der Waals surface area (Å²) in [6.07, 6.45) is 0. The predicted octanol–water partition coefficient (Wildman–Crippen LogP) is 19.4. The first-order valence-corrected chi connectivity index (χ1v) is 28.9. The second-order valence-electron chi connectivity index (χ2n) is 28.5. The van der Waals surface area contributed by atoms with E-state index in [0.29, 0.717) is 0 Å². The van der Waals surface area contributed by atoms with E-state index in [0.717, 1.165) is 17.1 Å². The first-order valence-electron chi connectivity index (χ1n) is 28.1. The molecule has 0 N–H and O–H groups in total. The van der Waals surface area contributed by atoms with Crippen LogP contribution in [0.5, 0.6) is 0 Å². The topological polar surface area (TPSA) is 9.72 Å². The maximum atomic E-state index is 2.66. The molecular weight excluding hydrogens is 950 g/mol. The highest BCUT2D eigenvalue weighted by molar-refractivity contribution is 7.26. The molecule has 2 aliphatic rings. The molecule has 8 aromatic carbocycles. The van der Waals surface area contributed by atoms with Gasteiger partial charge in [0.1, 0.15) is 0 Å². The molecule has 0 saturated heterocycles. The van der Waals surface area contributed by atoms with Gasteiger partial charge in [0.15, 0.2) is 0 Å². The van der Waals surface area contributed by atoms with Gasteiger partial charge in [-0.05, 0) is 161 Å². The SMILES string of the molecule is CC(C)(C)c1ccc(N2c3ccc(C(C)(C)C)cc3B3c4cc(C(C)(C)C)ccc4N(c4cc(N(c5ccc(C(C)(C)C)cc5)c5ccc(C(C)(C)C)cc5)c5c(c4)sc4ccccc45)c4cc(C(C)(C)C)cc2c43)cc1. The van der Waals surface area contributed by atoms with Gasteiger partial charge in [0, 0.05) is 65.7 Å². The molecule has 0 aliphatic carbocycles. The summed E-state index contributed by atoms with van der Waals surface area (Å²) in [6, 6.07) is 62.1. The summed E-state index contributed by atoms with van der Waals surface area (Å²) < 4.78 is 2.55. The van der Waals surface area contributed by atoms with Gasteiger partial charge in [0.2, 0.25) is 0 Å². The summed E-state index contributed by atoms with van der Waals surface area (Å²) in [6.45, 7) is 42.0. The van der Waals surface area contributed by atoms with Gasteiger partial charge in [0.25, 0.3) is 6.71 Å². The van der Waals surface area contributed by atoms with Crippen molar-refractivity contribution in [3.8, 4) is 0 Å². The van der Waals surface area contributed by atoms with E-state index in [-0.39, 0.29) is 39.2 Å². The monoisotopic (exact) mass is 1030 g/mol. The number of anilines is 9. The van der Waals surface area contributed by atoms with Gasteiger partial charge >= 0.3 is 0 Å². The van der Waals surface area contributed by atoms with Crippen LogP contribution in [0.3, 0.4) is 0 Å². The number of benzene rings is 8. The Bertz CT molecular complexity index is 3680. The van der Waals surface area contributed by atoms with Crippen molar-refractivity contribution < 1.29 is 0 Å². The molecule has 0 amide bonds. The zero-order valence-corrected chi connectivity index (χ0v) is 50.2. The first kappa shape index (κ1) is 52.5. The lowest BCUT2D eigenvalue weighted by Gasteiger charge is -2.46. The molecular formula is C72H80BN3S. The number of nitrogens with zero attached hydrogens (tertiary/aromatic N) is 3. The standard InChI is InChI=1S/C72H80BN3S/c1-67(2,3)45-23-31-51(32-24-45)74(52-33-25-46(26-34-52)68(4,5)6)60-43-54(44-64-65(60)55-21-19-20-22-63(55)77-64)76-59-38-30-49(71(13,14)15)40-57(59)73-56-39-48(70(10,11)12)29-37-58(56)75(53-35-27-47(28-36-53)69(7,8)9)61-41-50(72(16,17)18)42-62(76)66(61)73/h19-44H,1-18H3. The molecule has 2 aliphatic heterocycles. The number of thiophene rings is 1. The summed E-state index contributed by atoms with van der Waals surface area (Å²) in [5.41, 5.74) is 22.5. The summed E-state index contributed by atoms with van der Waals surface area (Å²) >= 11 is 1.90. The molecule has 0 unspecified atom stereocenters. The fraction of sp³-hybridized carbons (Fsp3) is 0.333. The van der Waals surface area contributed by atoms with Gasteiger partial charge in [0.05, 0.1) is 5.69 Å². The highest BCUT2D eigenvalue weighted by Gasteiger charge is 2.45. The Morgan fingerprint density at radius 3 is 1.19 bits per heavy atom. The molecule has 0 spiro atoms. The third-order valence-corrected chi connectivity index (χ3v) is 17.7. The molecule has 0 saturated carbocycles. The highest BCUT2D eigenvalue weighted by atomic mass is 32.1. The van der Waals surface area contributed by atoms with Crippen molar-refractivity contribution >= 4 is 106 Å². The normalized spacial score (nSPS) is 14.0. The quantitative estimate of drug-likeness (QED) is 0.159. The van der Waals surface area contributed by atoms with Crippen LogP contribution in [0.2, 0.25) is 0 Å². The van der Waals surface area contributed by atoms with Crippen LogP contribution in [0.1, 0.15) is 158 Å². The molecule has 0 radical (unpaired) electrons. The van der Waals surface area contributed by atoms with E-state index in [1.54, 1.807) is 0 Å². The van der Waals surface area contributed by atoms with Crippen LogP contribution in [-0.2, 0) is 32.5 Å². The molecule has 9 aromatic rings. The lowest BCUT2D eigenvalue weighted by atomic mass is 9.33. The molecule has 11 rings (SSSR count). The van der Waals surface area contributed by atoms with E-state index in [2.05, 4.69) is 297 Å². The summed E-state index contributed by atoms with van der Waals surface area (Å²) in [5, 5.41) is 2.54. The second kappa shape index (κ2) is 18.0. The van der Waals surface area contributed by atoms with Gasteiger partial charge in [-0.15, -0.1) is 11.3 Å². The van der Waals surface area contributed by atoms with Crippen LogP contribution in [-0.4, -0.2) is 6.71 Å². The second-order valence-corrected chi connectivity index (χ2v) is 29.6. The number of fused-ring (bicyclic) bond motifs is 7. The zero-order valence-electron chi connectivity index (χ0n) is 49.3. The van der Waals surface area contributed by atoms with E-state index in [1.807, 2.05) is 11.3 Å². The number of hydrogen-bond donors (Lipinski definition) is 0. The average Bonchev–Trinajstić information content (AvgIpc) is 3.82. The average molecular weight is 1030 g/mol. The van der Waals surface area contributed by atoms with Crippen molar-refractivity contribution in [2.45, 2.75) is 157 Å². The van der Waals surface area contributed by atoms with Crippen molar-refractivity contribution in [2.24, 2.45) is 0 Å². The van der Waals surface area contributed by atoms with Crippen molar-refractivity contribution in [1.29, 1.82) is 0 Å². The Morgan fingerprint density at radius 1 is 0.351 bits per heavy atom. The summed E-state index contributed by atoms with van der Waals surface area (Å²) in [4.78, 5) is 7.79.